The monoisotopic (exact) mass is 350 g/mol. The quantitative estimate of drug-likeness (QED) is 0.686. The van der Waals surface area contributed by atoms with Crippen LogP contribution in [0, 0.1) is 5.82 Å². The lowest BCUT2D eigenvalue weighted by atomic mass is 10.1. The Kier molecular flexibility index (Phi) is 3.72. The summed E-state index contributed by atoms with van der Waals surface area (Å²) in [5.41, 5.74) is 1.87. The number of halogens is 2. The van der Waals surface area contributed by atoms with Crippen molar-refractivity contribution < 1.29 is 4.39 Å². The van der Waals surface area contributed by atoms with Crippen molar-refractivity contribution in [3.63, 3.8) is 0 Å². The molecule has 5 heteroatoms. The Morgan fingerprint density at radius 1 is 1.25 bits per heavy atom. The first-order chi connectivity index (χ1) is 9.61. The number of hydrogen-bond donors (Lipinski definition) is 1. The van der Waals surface area contributed by atoms with E-state index < -0.39 is 0 Å². The molecule has 0 saturated heterocycles. The second-order valence-corrected chi connectivity index (χ2v) is 6.50. The number of hydrogen-bond acceptors (Lipinski definition) is 3. The molecule has 0 aliphatic rings. The number of rotatable bonds is 3. The predicted octanol–water partition coefficient (Wildman–Crippen LogP) is 5.37. The van der Waals surface area contributed by atoms with Gasteiger partial charge in [0.25, 0.3) is 0 Å². The van der Waals surface area contributed by atoms with Gasteiger partial charge in [-0.05, 0) is 42.8 Å². The van der Waals surface area contributed by atoms with Crippen molar-refractivity contribution in [3.05, 3.63) is 58.3 Å². The predicted molar refractivity (Wildman–Crippen MR) is 85.8 cm³/mol. The van der Waals surface area contributed by atoms with Crippen LogP contribution in [0.15, 0.2) is 46.9 Å². The van der Waals surface area contributed by atoms with E-state index in [0.717, 1.165) is 25.4 Å². The minimum absolute atomic E-state index is 0.00898. The Hall–Kier alpha value is -1.46. The maximum atomic E-state index is 13.2. The molecule has 0 aliphatic carbocycles. The van der Waals surface area contributed by atoms with Crippen molar-refractivity contribution in [1.29, 1.82) is 0 Å². The molecule has 0 aliphatic heterocycles. The second kappa shape index (κ2) is 5.50. The van der Waals surface area contributed by atoms with Crippen molar-refractivity contribution in [3.8, 4) is 0 Å². The maximum Gasteiger partial charge on any atom is 0.184 e. The lowest BCUT2D eigenvalue weighted by molar-refractivity contribution is 0.623. The van der Waals surface area contributed by atoms with E-state index in [-0.39, 0.29) is 11.9 Å². The van der Waals surface area contributed by atoms with Crippen LogP contribution in [0.5, 0.6) is 0 Å². The van der Waals surface area contributed by atoms with Crippen LogP contribution in [0.25, 0.3) is 10.2 Å². The molecule has 0 bridgehead atoms. The fraction of sp³-hybridized carbons (Fsp3) is 0.133. The molecule has 1 aromatic heterocycles. The molecule has 1 N–H and O–H groups in total. The summed E-state index contributed by atoms with van der Waals surface area (Å²) in [5.74, 6) is -0.218. The zero-order chi connectivity index (χ0) is 14.1. The summed E-state index contributed by atoms with van der Waals surface area (Å²) in [5, 5.41) is 4.16. The molecule has 1 atom stereocenters. The standard InChI is InChI=1S/C15H12BrFN2S/c1-9(10-3-2-4-12(17)7-10)18-15-19-13-6-5-11(16)8-14(13)20-15/h2-9H,1H3,(H,18,19). The summed E-state index contributed by atoms with van der Waals surface area (Å²) in [6.07, 6.45) is 0. The van der Waals surface area contributed by atoms with Crippen LogP contribution in [0.4, 0.5) is 9.52 Å². The van der Waals surface area contributed by atoms with Gasteiger partial charge in [-0.15, -0.1) is 0 Å². The molecular formula is C15H12BrFN2S. The largest absolute Gasteiger partial charge is 0.355 e. The number of thiazole rings is 1. The van der Waals surface area contributed by atoms with Gasteiger partial charge < -0.3 is 5.32 Å². The van der Waals surface area contributed by atoms with Crippen LogP contribution in [-0.2, 0) is 0 Å². The van der Waals surface area contributed by atoms with Crippen molar-refractivity contribution in [2.75, 3.05) is 5.32 Å². The van der Waals surface area contributed by atoms with E-state index in [1.165, 1.54) is 6.07 Å². The third-order valence-electron chi connectivity index (χ3n) is 3.04. The van der Waals surface area contributed by atoms with Crippen molar-refractivity contribution in [1.82, 2.24) is 4.98 Å². The summed E-state index contributed by atoms with van der Waals surface area (Å²) in [6.45, 7) is 2.00. The van der Waals surface area contributed by atoms with Crippen LogP contribution >= 0.6 is 27.3 Å². The van der Waals surface area contributed by atoms with E-state index in [0.29, 0.717) is 0 Å². The summed E-state index contributed by atoms with van der Waals surface area (Å²) in [4.78, 5) is 4.53. The van der Waals surface area contributed by atoms with E-state index in [2.05, 4.69) is 26.2 Å². The Bertz CT molecular complexity index is 756. The number of aromatic nitrogens is 1. The summed E-state index contributed by atoms with van der Waals surface area (Å²) >= 11 is 5.05. The molecule has 3 rings (SSSR count). The average Bonchev–Trinajstić information content (AvgIpc) is 2.80. The highest BCUT2D eigenvalue weighted by atomic mass is 79.9. The van der Waals surface area contributed by atoms with Gasteiger partial charge in [0, 0.05) is 4.47 Å². The van der Waals surface area contributed by atoms with Crippen molar-refractivity contribution in [2.24, 2.45) is 0 Å². The minimum atomic E-state index is -0.218. The van der Waals surface area contributed by atoms with Gasteiger partial charge in [-0.3, -0.25) is 0 Å². The smallest absolute Gasteiger partial charge is 0.184 e. The number of nitrogens with zero attached hydrogens (tertiary/aromatic N) is 1. The summed E-state index contributed by atoms with van der Waals surface area (Å²) in [7, 11) is 0. The molecule has 0 spiro atoms. The average molecular weight is 351 g/mol. The maximum absolute atomic E-state index is 13.2. The fourth-order valence-corrected chi connectivity index (χ4v) is 3.51. The van der Waals surface area contributed by atoms with Gasteiger partial charge in [0.15, 0.2) is 5.13 Å². The first-order valence-electron chi connectivity index (χ1n) is 6.20. The summed E-state index contributed by atoms with van der Waals surface area (Å²) in [6, 6.07) is 12.6. The third-order valence-corrected chi connectivity index (χ3v) is 4.48. The Balaban J connectivity index is 1.85. The lowest BCUT2D eigenvalue weighted by Gasteiger charge is -2.13. The van der Waals surface area contributed by atoms with Gasteiger partial charge in [0.2, 0.25) is 0 Å². The number of anilines is 1. The highest BCUT2D eigenvalue weighted by molar-refractivity contribution is 9.10. The molecule has 0 fully saturated rings. The van der Waals surface area contributed by atoms with Crippen LogP contribution in [0.3, 0.4) is 0 Å². The Labute approximate surface area is 128 Å². The Morgan fingerprint density at radius 2 is 2.10 bits per heavy atom. The van der Waals surface area contributed by atoms with E-state index in [4.69, 9.17) is 0 Å². The summed E-state index contributed by atoms with van der Waals surface area (Å²) < 4.78 is 15.4. The van der Waals surface area contributed by atoms with Gasteiger partial charge >= 0.3 is 0 Å². The zero-order valence-electron chi connectivity index (χ0n) is 10.7. The van der Waals surface area contributed by atoms with Gasteiger partial charge in [0.05, 0.1) is 16.3 Å². The normalized spacial score (nSPS) is 12.6. The molecule has 20 heavy (non-hydrogen) atoms. The van der Waals surface area contributed by atoms with Crippen molar-refractivity contribution >= 4 is 42.6 Å². The molecule has 0 amide bonds. The zero-order valence-corrected chi connectivity index (χ0v) is 13.1. The number of nitrogens with one attached hydrogen (secondary N) is 1. The third kappa shape index (κ3) is 2.83. The molecule has 0 radical (unpaired) electrons. The Morgan fingerprint density at radius 3 is 2.90 bits per heavy atom. The fourth-order valence-electron chi connectivity index (χ4n) is 2.00. The second-order valence-electron chi connectivity index (χ2n) is 4.55. The molecule has 1 heterocycles. The van der Waals surface area contributed by atoms with E-state index in [1.807, 2.05) is 31.2 Å². The van der Waals surface area contributed by atoms with Crippen LogP contribution < -0.4 is 5.32 Å². The minimum Gasteiger partial charge on any atom is -0.355 e. The van der Waals surface area contributed by atoms with Gasteiger partial charge in [-0.25, -0.2) is 9.37 Å². The topological polar surface area (TPSA) is 24.9 Å². The van der Waals surface area contributed by atoms with Crippen LogP contribution in [-0.4, -0.2) is 4.98 Å². The van der Waals surface area contributed by atoms with E-state index in [1.54, 1.807) is 23.5 Å². The van der Waals surface area contributed by atoms with Gasteiger partial charge in [0.1, 0.15) is 5.82 Å². The first-order valence-corrected chi connectivity index (χ1v) is 7.81. The molecule has 1 unspecified atom stereocenters. The van der Waals surface area contributed by atoms with E-state index in [9.17, 15) is 4.39 Å². The van der Waals surface area contributed by atoms with E-state index >= 15 is 0 Å². The SMILES string of the molecule is CC(Nc1nc2ccc(Br)cc2s1)c1cccc(F)c1. The van der Waals surface area contributed by atoms with Crippen molar-refractivity contribution in [2.45, 2.75) is 13.0 Å². The van der Waals surface area contributed by atoms with Gasteiger partial charge in [-0.1, -0.05) is 39.4 Å². The van der Waals surface area contributed by atoms with Crippen LogP contribution in [0.2, 0.25) is 0 Å². The number of benzene rings is 2. The lowest BCUT2D eigenvalue weighted by Crippen LogP contribution is -2.06. The van der Waals surface area contributed by atoms with Gasteiger partial charge in [-0.2, -0.15) is 0 Å². The molecule has 0 saturated carbocycles. The number of fused-ring (bicyclic) bond motifs is 1. The molecular weight excluding hydrogens is 339 g/mol. The molecule has 3 aromatic rings. The first kappa shape index (κ1) is 13.5. The molecule has 102 valence electrons. The van der Waals surface area contributed by atoms with Crippen LogP contribution in [0.1, 0.15) is 18.5 Å². The molecule has 2 aromatic carbocycles. The highest BCUT2D eigenvalue weighted by Crippen LogP contribution is 2.30. The molecule has 2 nitrogen and oxygen atoms in total. The highest BCUT2D eigenvalue weighted by Gasteiger charge is 2.10.